The molecule has 1 heterocycles. The van der Waals surface area contributed by atoms with Gasteiger partial charge in [0.15, 0.2) is 0 Å². The Labute approximate surface area is 205 Å². The Bertz CT molecular complexity index is 1120. The van der Waals surface area contributed by atoms with E-state index in [1.165, 1.54) is 0 Å². The van der Waals surface area contributed by atoms with Crippen molar-refractivity contribution in [1.82, 2.24) is 4.90 Å². The topological polar surface area (TPSA) is 114 Å². The Balaban J connectivity index is 1.86. The van der Waals surface area contributed by atoms with Crippen LogP contribution >= 0.6 is 11.6 Å². The van der Waals surface area contributed by atoms with Gasteiger partial charge < -0.3 is 21.7 Å². The van der Waals surface area contributed by atoms with Crippen LogP contribution in [-0.4, -0.2) is 42.2 Å². The molecule has 0 fully saturated rings. The predicted molar refractivity (Wildman–Crippen MR) is 140 cm³/mol. The highest BCUT2D eigenvalue weighted by atomic mass is 35.5. The molecule has 0 atom stereocenters. The zero-order valence-corrected chi connectivity index (χ0v) is 20.5. The molecular formula is C26H32ClN5O2. The maximum atomic E-state index is 13.1. The maximum absolute atomic E-state index is 13.1. The Morgan fingerprint density at radius 1 is 1.12 bits per heavy atom. The van der Waals surface area contributed by atoms with Crippen molar-refractivity contribution in [1.29, 1.82) is 0 Å². The van der Waals surface area contributed by atoms with Gasteiger partial charge >= 0.3 is 0 Å². The summed E-state index contributed by atoms with van der Waals surface area (Å²) in [6, 6.07) is 10.6. The lowest BCUT2D eigenvalue weighted by molar-refractivity contribution is -0.127. The van der Waals surface area contributed by atoms with Crippen LogP contribution < -0.4 is 16.8 Å². The van der Waals surface area contributed by atoms with Gasteiger partial charge in [-0.05, 0) is 67.8 Å². The van der Waals surface area contributed by atoms with Gasteiger partial charge in [-0.1, -0.05) is 31.5 Å². The van der Waals surface area contributed by atoms with Gasteiger partial charge in [0.05, 0.1) is 5.69 Å². The third-order valence-corrected chi connectivity index (χ3v) is 5.67. The van der Waals surface area contributed by atoms with Gasteiger partial charge in [-0.25, -0.2) is 4.99 Å². The summed E-state index contributed by atoms with van der Waals surface area (Å²) in [5, 5.41) is 3.41. The number of hydrogen-bond donors (Lipinski definition) is 3. The number of nitrogens with zero attached hydrogens (tertiary/aromatic N) is 2. The highest BCUT2D eigenvalue weighted by Gasteiger charge is 2.21. The predicted octanol–water partition coefficient (Wildman–Crippen LogP) is 4.52. The summed E-state index contributed by atoms with van der Waals surface area (Å²) in [6.45, 7) is 5.99. The van der Waals surface area contributed by atoms with Crippen molar-refractivity contribution >= 4 is 46.7 Å². The number of hydrogen-bond acceptors (Lipinski definition) is 5. The standard InChI is InChI=1S/C26H32ClN5O2/c1-3-9-32(10-4-2)26(34)20-13-18-5-6-19(14-23(18)31-24(29)15-20)25(33)30-22-12-17(7-8-28)11-21(27)16-22/h5-6,11-14,16H,3-4,7-10,15,28H2,1-2H3,(H2,29,31)(H,30,33). The zero-order valence-electron chi connectivity index (χ0n) is 19.7. The molecule has 1 aliphatic heterocycles. The fourth-order valence-corrected chi connectivity index (χ4v) is 4.22. The second kappa shape index (κ2) is 11.8. The van der Waals surface area contributed by atoms with Gasteiger partial charge in [-0.15, -0.1) is 0 Å². The molecule has 0 spiro atoms. The van der Waals surface area contributed by atoms with Gasteiger partial charge in [0.1, 0.15) is 5.84 Å². The number of amides is 2. The molecule has 0 saturated heterocycles. The Hall–Kier alpha value is -3.16. The second-order valence-corrected chi connectivity index (χ2v) is 8.79. The third kappa shape index (κ3) is 6.46. The van der Waals surface area contributed by atoms with Crippen LogP contribution in [0, 0.1) is 0 Å². The minimum Gasteiger partial charge on any atom is -0.387 e. The smallest absolute Gasteiger partial charge is 0.255 e. The molecule has 2 aromatic carbocycles. The van der Waals surface area contributed by atoms with Gasteiger partial charge in [0.2, 0.25) is 5.91 Å². The fraction of sp³-hybridized carbons (Fsp3) is 0.346. The zero-order chi connectivity index (χ0) is 24.7. The minimum absolute atomic E-state index is 0.0224. The van der Waals surface area contributed by atoms with Crippen LogP contribution in [0.15, 0.2) is 47.0 Å². The molecule has 0 aliphatic carbocycles. The Morgan fingerprint density at radius 3 is 2.53 bits per heavy atom. The van der Waals surface area contributed by atoms with Gasteiger partial charge in [-0.3, -0.25) is 9.59 Å². The van der Waals surface area contributed by atoms with Crippen LogP contribution in [0.3, 0.4) is 0 Å². The van der Waals surface area contributed by atoms with E-state index < -0.39 is 0 Å². The molecule has 8 heteroatoms. The number of nitrogens with one attached hydrogen (secondary N) is 1. The van der Waals surface area contributed by atoms with Crippen LogP contribution in [0.4, 0.5) is 11.4 Å². The summed E-state index contributed by atoms with van der Waals surface area (Å²) < 4.78 is 0. The summed E-state index contributed by atoms with van der Waals surface area (Å²) in [7, 11) is 0. The van der Waals surface area contributed by atoms with Crippen LogP contribution in [0.5, 0.6) is 0 Å². The summed E-state index contributed by atoms with van der Waals surface area (Å²) >= 11 is 6.18. The Kier molecular flexibility index (Phi) is 8.85. The van der Waals surface area contributed by atoms with Crippen LogP contribution in [0.2, 0.25) is 5.02 Å². The summed E-state index contributed by atoms with van der Waals surface area (Å²) in [5.41, 5.74) is 15.7. The lowest BCUT2D eigenvalue weighted by Gasteiger charge is -2.22. The van der Waals surface area contributed by atoms with Crippen molar-refractivity contribution in [2.24, 2.45) is 16.5 Å². The monoisotopic (exact) mass is 481 g/mol. The molecule has 180 valence electrons. The molecule has 5 N–H and O–H groups in total. The molecule has 0 saturated carbocycles. The molecule has 2 aromatic rings. The van der Waals surface area contributed by atoms with Crippen molar-refractivity contribution in [3.05, 3.63) is 63.7 Å². The van der Waals surface area contributed by atoms with Crippen molar-refractivity contribution in [2.45, 2.75) is 39.5 Å². The molecular weight excluding hydrogens is 450 g/mol. The SMILES string of the molecule is CCCN(CCC)C(=O)C1=Cc2ccc(C(=O)Nc3cc(Cl)cc(CCN)c3)cc2N=C(N)C1. The first-order valence-corrected chi connectivity index (χ1v) is 12.0. The number of carbonyl (C=O) groups excluding carboxylic acids is 2. The number of aliphatic imine (C=N–C) groups is 1. The summed E-state index contributed by atoms with van der Waals surface area (Å²) in [5.74, 6) is 0.0232. The number of halogens is 1. The normalized spacial score (nSPS) is 12.8. The van der Waals surface area contributed by atoms with E-state index in [0.717, 1.165) is 24.0 Å². The summed E-state index contributed by atoms with van der Waals surface area (Å²) in [4.78, 5) is 32.4. The molecule has 0 unspecified atom stereocenters. The van der Waals surface area contributed by atoms with Gasteiger partial charge in [0, 0.05) is 46.9 Å². The first-order valence-electron chi connectivity index (χ1n) is 11.6. The van der Waals surface area contributed by atoms with Crippen LogP contribution in [-0.2, 0) is 11.2 Å². The quantitative estimate of drug-likeness (QED) is 0.488. The number of rotatable bonds is 9. The van der Waals surface area contributed by atoms with Crippen LogP contribution in [0.1, 0.15) is 54.6 Å². The third-order valence-electron chi connectivity index (χ3n) is 5.46. The number of benzene rings is 2. The largest absolute Gasteiger partial charge is 0.387 e. The number of amidine groups is 1. The molecule has 0 radical (unpaired) electrons. The average molecular weight is 482 g/mol. The van der Waals surface area contributed by atoms with Crippen molar-refractivity contribution in [2.75, 3.05) is 25.0 Å². The lowest BCUT2D eigenvalue weighted by atomic mass is 10.0. The van der Waals surface area contributed by atoms with E-state index >= 15 is 0 Å². The molecule has 3 rings (SSSR count). The van der Waals surface area contributed by atoms with Gasteiger partial charge in [0.25, 0.3) is 5.91 Å². The van der Waals surface area contributed by atoms with E-state index in [9.17, 15) is 9.59 Å². The highest BCUT2D eigenvalue weighted by molar-refractivity contribution is 6.31. The Morgan fingerprint density at radius 2 is 1.85 bits per heavy atom. The average Bonchev–Trinajstić information content (AvgIpc) is 2.95. The van der Waals surface area contributed by atoms with E-state index in [-0.39, 0.29) is 18.2 Å². The highest BCUT2D eigenvalue weighted by Crippen LogP contribution is 2.29. The lowest BCUT2D eigenvalue weighted by Crippen LogP contribution is -2.34. The van der Waals surface area contributed by atoms with E-state index in [1.54, 1.807) is 24.3 Å². The number of carbonyl (C=O) groups is 2. The molecule has 0 bridgehead atoms. The maximum Gasteiger partial charge on any atom is 0.255 e. The second-order valence-electron chi connectivity index (χ2n) is 8.36. The van der Waals surface area contributed by atoms with Crippen LogP contribution in [0.25, 0.3) is 6.08 Å². The first kappa shape index (κ1) is 25.5. The van der Waals surface area contributed by atoms with E-state index in [2.05, 4.69) is 24.2 Å². The first-order chi connectivity index (χ1) is 16.3. The number of anilines is 1. The minimum atomic E-state index is -0.292. The van der Waals surface area contributed by atoms with E-state index in [4.69, 9.17) is 23.1 Å². The molecule has 1 aliphatic rings. The van der Waals surface area contributed by atoms with Crippen molar-refractivity contribution < 1.29 is 9.59 Å². The van der Waals surface area contributed by atoms with Crippen molar-refractivity contribution in [3.63, 3.8) is 0 Å². The fourth-order valence-electron chi connectivity index (χ4n) is 3.96. The summed E-state index contributed by atoms with van der Waals surface area (Å²) in [6.07, 6.45) is 4.54. The molecule has 0 aromatic heterocycles. The van der Waals surface area contributed by atoms with Crippen molar-refractivity contribution in [3.8, 4) is 0 Å². The van der Waals surface area contributed by atoms with E-state index in [0.29, 0.717) is 59.4 Å². The number of nitrogens with two attached hydrogens (primary N) is 2. The molecule has 34 heavy (non-hydrogen) atoms. The number of fused-ring (bicyclic) bond motifs is 1. The molecule has 7 nitrogen and oxygen atoms in total. The molecule has 2 amide bonds. The van der Waals surface area contributed by atoms with E-state index in [1.807, 2.05) is 23.1 Å². The van der Waals surface area contributed by atoms with Gasteiger partial charge in [-0.2, -0.15) is 0 Å².